The number of hydrogen-bond donors (Lipinski definition) is 1. The molecule has 0 bridgehead atoms. The van der Waals surface area contributed by atoms with Gasteiger partial charge in [-0.3, -0.25) is 0 Å². The minimum Gasteiger partial charge on any atom is -0.492 e. The van der Waals surface area contributed by atoms with Crippen LogP contribution in [0.1, 0.15) is 13.8 Å². The van der Waals surface area contributed by atoms with Gasteiger partial charge in [-0.2, -0.15) is 0 Å². The molecule has 0 saturated carbocycles. The number of amides is 2. The molecule has 0 radical (unpaired) electrons. The van der Waals surface area contributed by atoms with Crippen LogP contribution in [0, 0.1) is 0 Å². The minimum atomic E-state index is -0.0213. The molecule has 0 aliphatic carbocycles. The molecule has 1 N–H and O–H groups in total. The van der Waals surface area contributed by atoms with Crippen LogP contribution >= 0.6 is 0 Å². The Morgan fingerprint density at radius 1 is 1.60 bits per heavy atom. The van der Waals surface area contributed by atoms with Gasteiger partial charge in [0, 0.05) is 12.6 Å². The second-order valence-electron chi connectivity index (χ2n) is 3.79. The van der Waals surface area contributed by atoms with Crippen LogP contribution in [0.15, 0.2) is 24.5 Å². The summed E-state index contributed by atoms with van der Waals surface area (Å²) < 4.78 is 5.25. The first kappa shape index (κ1) is 11.6. The van der Waals surface area contributed by atoms with Gasteiger partial charge in [0.25, 0.3) is 0 Å². The third-order valence-corrected chi connectivity index (χ3v) is 2.25. The highest BCUT2D eigenvalue weighted by molar-refractivity contribution is 5.76. The lowest BCUT2D eigenvalue weighted by Crippen LogP contribution is -2.32. The molecular formula is C11H18N2O2. The summed E-state index contributed by atoms with van der Waals surface area (Å²) in [4.78, 5) is 13.1. The van der Waals surface area contributed by atoms with Gasteiger partial charge in [0.15, 0.2) is 0 Å². The smallest absolute Gasteiger partial charge is 0.317 e. The maximum Gasteiger partial charge on any atom is 0.317 e. The summed E-state index contributed by atoms with van der Waals surface area (Å²) in [5.74, 6) is 0.573. The Bertz CT molecular complexity index is 286. The number of ether oxygens (including phenoxy) is 1. The van der Waals surface area contributed by atoms with E-state index in [2.05, 4.69) is 18.5 Å². The van der Waals surface area contributed by atoms with Gasteiger partial charge in [-0.05, 0) is 19.4 Å². The van der Waals surface area contributed by atoms with E-state index in [-0.39, 0.29) is 6.03 Å². The number of hydrogen-bond acceptors (Lipinski definition) is 2. The molecule has 1 atom stereocenters. The van der Waals surface area contributed by atoms with Gasteiger partial charge in [0.1, 0.15) is 12.4 Å². The molecule has 1 saturated heterocycles. The van der Waals surface area contributed by atoms with Crippen LogP contribution in [0.5, 0.6) is 0 Å². The first-order valence-electron chi connectivity index (χ1n) is 5.04. The van der Waals surface area contributed by atoms with E-state index < -0.39 is 0 Å². The number of rotatable bonds is 5. The molecule has 0 aromatic rings. The number of allylic oxidation sites excluding steroid dienone is 1. The Morgan fingerprint density at radius 3 is 2.67 bits per heavy atom. The molecule has 1 aliphatic heterocycles. The summed E-state index contributed by atoms with van der Waals surface area (Å²) in [6.45, 7) is 13.0. The fourth-order valence-electron chi connectivity index (χ4n) is 1.08. The maximum atomic E-state index is 11.3. The van der Waals surface area contributed by atoms with Gasteiger partial charge in [0.05, 0.1) is 6.54 Å². The van der Waals surface area contributed by atoms with Gasteiger partial charge in [-0.25, -0.2) is 4.79 Å². The zero-order valence-corrected chi connectivity index (χ0v) is 9.38. The van der Waals surface area contributed by atoms with Gasteiger partial charge in [-0.1, -0.05) is 13.2 Å². The fourth-order valence-corrected chi connectivity index (χ4v) is 1.08. The fraction of sp³-hybridized carbons (Fsp3) is 0.545. The number of nitrogens with zero attached hydrogens (tertiary/aromatic N) is 1. The molecule has 0 aromatic carbocycles. The molecule has 4 heteroatoms. The number of carbonyl (C=O) groups is 1. The predicted molar refractivity (Wildman–Crippen MR) is 59.5 cm³/mol. The first-order chi connectivity index (χ1) is 7.02. The lowest BCUT2D eigenvalue weighted by molar-refractivity contribution is 0.206. The summed E-state index contributed by atoms with van der Waals surface area (Å²) in [6.07, 6.45) is 0. The molecule has 1 fully saturated rings. The third-order valence-electron chi connectivity index (χ3n) is 2.25. The Labute approximate surface area is 90.6 Å². The molecule has 2 amide bonds. The van der Waals surface area contributed by atoms with Crippen molar-refractivity contribution < 1.29 is 9.53 Å². The van der Waals surface area contributed by atoms with Crippen LogP contribution in [0.4, 0.5) is 4.79 Å². The van der Waals surface area contributed by atoms with E-state index in [4.69, 9.17) is 4.74 Å². The third kappa shape index (κ3) is 3.65. The van der Waals surface area contributed by atoms with Crippen LogP contribution in [-0.4, -0.2) is 36.7 Å². The highest BCUT2D eigenvalue weighted by Gasteiger charge is 2.33. The summed E-state index contributed by atoms with van der Waals surface area (Å²) in [6, 6.07) is 0.364. The van der Waals surface area contributed by atoms with E-state index in [0.29, 0.717) is 25.0 Å². The largest absolute Gasteiger partial charge is 0.492 e. The maximum absolute atomic E-state index is 11.3. The second kappa shape index (κ2) is 4.87. The summed E-state index contributed by atoms with van der Waals surface area (Å²) >= 11 is 0. The Kier molecular flexibility index (Phi) is 3.77. The summed E-state index contributed by atoms with van der Waals surface area (Å²) in [5.41, 5.74) is 0.806. The highest BCUT2D eigenvalue weighted by atomic mass is 16.5. The van der Waals surface area contributed by atoms with Crippen LogP contribution in [0.3, 0.4) is 0 Å². The average molecular weight is 210 g/mol. The Hall–Kier alpha value is -1.45. The summed E-state index contributed by atoms with van der Waals surface area (Å²) in [7, 11) is 0. The first-order valence-corrected chi connectivity index (χ1v) is 5.04. The molecule has 4 nitrogen and oxygen atoms in total. The number of carbonyl (C=O) groups excluding carboxylic acids is 1. The molecular weight excluding hydrogens is 192 g/mol. The standard InChI is InChI=1S/C11H18N2O2/c1-8(2)10(4)15-6-5-12-11(14)13-7-9(13)3/h9H,1,4-7H2,2-3H3,(H,12,14). The van der Waals surface area contributed by atoms with E-state index >= 15 is 0 Å². The Balaban J connectivity index is 2.04. The minimum absolute atomic E-state index is 0.0213. The van der Waals surface area contributed by atoms with Gasteiger partial charge < -0.3 is 15.0 Å². The van der Waals surface area contributed by atoms with E-state index in [1.165, 1.54) is 0 Å². The summed E-state index contributed by atoms with van der Waals surface area (Å²) in [5, 5.41) is 2.76. The van der Waals surface area contributed by atoms with Crippen molar-refractivity contribution in [2.75, 3.05) is 19.7 Å². The number of nitrogens with one attached hydrogen (secondary N) is 1. The molecule has 1 heterocycles. The molecule has 0 spiro atoms. The van der Waals surface area contributed by atoms with Crippen molar-refractivity contribution in [3.05, 3.63) is 24.5 Å². The molecule has 1 unspecified atom stereocenters. The van der Waals surface area contributed by atoms with Crippen molar-refractivity contribution >= 4 is 6.03 Å². The zero-order chi connectivity index (χ0) is 11.4. The Morgan fingerprint density at radius 2 is 2.20 bits per heavy atom. The van der Waals surface area contributed by atoms with E-state index in [1.807, 2.05) is 13.8 Å². The van der Waals surface area contributed by atoms with Crippen molar-refractivity contribution in [1.29, 1.82) is 0 Å². The normalized spacial score (nSPS) is 18.3. The van der Waals surface area contributed by atoms with Gasteiger partial charge in [-0.15, -0.1) is 0 Å². The van der Waals surface area contributed by atoms with Crippen molar-refractivity contribution in [1.82, 2.24) is 10.2 Å². The van der Waals surface area contributed by atoms with Gasteiger partial charge >= 0.3 is 6.03 Å². The van der Waals surface area contributed by atoms with E-state index in [0.717, 1.165) is 12.1 Å². The quantitative estimate of drug-likeness (QED) is 0.323. The number of urea groups is 1. The van der Waals surface area contributed by atoms with Crippen molar-refractivity contribution in [3.63, 3.8) is 0 Å². The lowest BCUT2D eigenvalue weighted by atomic mass is 10.3. The molecule has 1 aliphatic rings. The molecule has 15 heavy (non-hydrogen) atoms. The molecule has 1 rings (SSSR count). The van der Waals surface area contributed by atoms with Crippen molar-refractivity contribution in [2.45, 2.75) is 19.9 Å². The lowest BCUT2D eigenvalue weighted by Gasteiger charge is -2.09. The van der Waals surface area contributed by atoms with Crippen LogP contribution in [0.25, 0.3) is 0 Å². The SMILES string of the molecule is C=C(C)C(=C)OCCNC(=O)N1CC1C. The molecule has 84 valence electrons. The van der Waals surface area contributed by atoms with Gasteiger partial charge in [0.2, 0.25) is 0 Å². The topological polar surface area (TPSA) is 41.3 Å². The average Bonchev–Trinajstić information content (AvgIpc) is 2.89. The van der Waals surface area contributed by atoms with Crippen LogP contribution in [0.2, 0.25) is 0 Å². The monoisotopic (exact) mass is 210 g/mol. The predicted octanol–water partition coefficient (Wildman–Crippen LogP) is 1.51. The van der Waals surface area contributed by atoms with Crippen molar-refractivity contribution in [2.24, 2.45) is 0 Å². The highest BCUT2D eigenvalue weighted by Crippen LogP contribution is 2.15. The second-order valence-corrected chi connectivity index (χ2v) is 3.79. The van der Waals surface area contributed by atoms with E-state index in [1.54, 1.807) is 4.90 Å². The van der Waals surface area contributed by atoms with E-state index in [9.17, 15) is 4.79 Å². The zero-order valence-electron chi connectivity index (χ0n) is 9.38. The molecule has 0 aromatic heterocycles. The van der Waals surface area contributed by atoms with Crippen molar-refractivity contribution in [3.8, 4) is 0 Å². The van der Waals surface area contributed by atoms with Crippen LogP contribution in [-0.2, 0) is 4.74 Å². The van der Waals surface area contributed by atoms with Crippen LogP contribution < -0.4 is 5.32 Å².